The standard InChI is InChI=1S/C8H14F2N2O/c1-5(2)13-4-7-6(8(9)10)3-11-12-7/h5,8,11-12H,3-4H2,1-2H3. The molecule has 0 amide bonds. The molecular formula is C8H14F2N2O. The molecule has 2 N–H and O–H groups in total. The third-order valence-electron chi connectivity index (χ3n) is 1.73. The van der Waals surface area contributed by atoms with Gasteiger partial charge in [-0.15, -0.1) is 0 Å². The summed E-state index contributed by atoms with van der Waals surface area (Å²) in [5, 5.41) is 0. The van der Waals surface area contributed by atoms with Gasteiger partial charge in [0.25, 0.3) is 6.43 Å². The van der Waals surface area contributed by atoms with E-state index in [-0.39, 0.29) is 24.8 Å². The van der Waals surface area contributed by atoms with Crippen LogP contribution in [0.2, 0.25) is 0 Å². The lowest BCUT2D eigenvalue weighted by Crippen LogP contribution is -2.26. The Morgan fingerprint density at radius 2 is 2.15 bits per heavy atom. The van der Waals surface area contributed by atoms with Gasteiger partial charge in [-0.3, -0.25) is 0 Å². The van der Waals surface area contributed by atoms with Crippen molar-refractivity contribution in [3.8, 4) is 0 Å². The Kier molecular flexibility index (Phi) is 3.62. The number of hydrogen-bond donors (Lipinski definition) is 2. The van der Waals surface area contributed by atoms with Gasteiger partial charge in [0.05, 0.1) is 18.4 Å². The zero-order chi connectivity index (χ0) is 9.84. The maximum atomic E-state index is 12.3. The van der Waals surface area contributed by atoms with Crippen molar-refractivity contribution in [2.75, 3.05) is 13.2 Å². The topological polar surface area (TPSA) is 33.3 Å². The molecule has 0 atom stereocenters. The number of hydrazine groups is 1. The summed E-state index contributed by atoms with van der Waals surface area (Å²) in [5.74, 6) is 0. The summed E-state index contributed by atoms with van der Waals surface area (Å²) < 4.78 is 29.9. The van der Waals surface area contributed by atoms with Crippen molar-refractivity contribution in [2.24, 2.45) is 0 Å². The number of alkyl halides is 2. The third-order valence-corrected chi connectivity index (χ3v) is 1.73. The molecule has 76 valence electrons. The minimum absolute atomic E-state index is 0.0498. The van der Waals surface area contributed by atoms with Gasteiger partial charge in [0.1, 0.15) is 0 Å². The fourth-order valence-corrected chi connectivity index (χ4v) is 1.02. The highest BCUT2D eigenvalue weighted by molar-refractivity contribution is 5.20. The average Bonchev–Trinajstić information content (AvgIpc) is 2.47. The highest BCUT2D eigenvalue weighted by Crippen LogP contribution is 2.15. The van der Waals surface area contributed by atoms with Gasteiger partial charge in [0.2, 0.25) is 0 Å². The van der Waals surface area contributed by atoms with Crippen molar-refractivity contribution in [3.05, 3.63) is 11.3 Å². The van der Waals surface area contributed by atoms with Crippen LogP contribution in [-0.2, 0) is 4.74 Å². The molecule has 0 fully saturated rings. The molecule has 1 aliphatic rings. The lowest BCUT2D eigenvalue weighted by atomic mass is 10.2. The first-order chi connectivity index (χ1) is 6.11. The quantitative estimate of drug-likeness (QED) is 0.698. The zero-order valence-electron chi connectivity index (χ0n) is 7.73. The average molecular weight is 192 g/mol. The Morgan fingerprint density at radius 3 is 2.69 bits per heavy atom. The largest absolute Gasteiger partial charge is 0.373 e. The maximum absolute atomic E-state index is 12.3. The minimum atomic E-state index is -2.41. The van der Waals surface area contributed by atoms with Crippen LogP contribution in [0.1, 0.15) is 13.8 Å². The molecule has 0 aliphatic carbocycles. The maximum Gasteiger partial charge on any atom is 0.263 e. The van der Waals surface area contributed by atoms with Gasteiger partial charge in [-0.1, -0.05) is 0 Å². The molecule has 1 aliphatic heterocycles. The van der Waals surface area contributed by atoms with Gasteiger partial charge >= 0.3 is 0 Å². The Labute approximate surface area is 76.1 Å². The first-order valence-corrected chi connectivity index (χ1v) is 4.21. The Hall–Kier alpha value is -0.680. The van der Waals surface area contributed by atoms with Crippen LogP contribution in [-0.4, -0.2) is 25.7 Å². The van der Waals surface area contributed by atoms with Crippen molar-refractivity contribution in [2.45, 2.75) is 26.4 Å². The number of ether oxygens (including phenoxy) is 1. The van der Waals surface area contributed by atoms with Gasteiger partial charge in [-0.05, 0) is 13.8 Å². The second-order valence-corrected chi connectivity index (χ2v) is 3.14. The molecule has 0 saturated carbocycles. The van der Waals surface area contributed by atoms with E-state index in [9.17, 15) is 8.78 Å². The van der Waals surface area contributed by atoms with Crippen LogP contribution in [0.25, 0.3) is 0 Å². The van der Waals surface area contributed by atoms with Crippen LogP contribution in [0.4, 0.5) is 8.78 Å². The van der Waals surface area contributed by atoms with E-state index in [0.717, 1.165) is 0 Å². The molecule has 1 heterocycles. The summed E-state index contributed by atoms with van der Waals surface area (Å²) in [4.78, 5) is 0. The molecule has 0 aromatic carbocycles. The van der Waals surface area contributed by atoms with E-state index in [2.05, 4.69) is 10.9 Å². The minimum Gasteiger partial charge on any atom is -0.373 e. The molecule has 0 spiro atoms. The predicted octanol–water partition coefficient (Wildman–Crippen LogP) is 1.04. The molecule has 13 heavy (non-hydrogen) atoms. The lowest BCUT2D eigenvalue weighted by Gasteiger charge is -2.09. The second kappa shape index (κ2) is 4.53. The number of nitrogens with one attached hydrogen (secondary N) is 2. The van der Waals surface area contributed by atoms with E-state index in [1.165, 1.54) is 0 Å². The van der Waals surface area contributed by atoms with Crippen molar-refractivity contribution in [1.29, 1.82) is 0 Å². The van der Waals surface area contributed by atoms with Crippen LogP contribution < -0.4 is 10.9 Å². The van der Waals surface area contributed by atoms with Crippen LogP contribution in [0.3, 0.4) is 0 Å². The van der Waals surface area contributed by atoms with Gasteiger partial charge in [-0.2, -0.15) is 0 Å². The van der Waals surface area contributed by atoms with Gasteiger partial charge in [-0.25, -0.2) is 14.2 Å². The molecule has 0 unspecified atom stereocenters. The third kappa shape index (κ3) is 2.93. The Morgan fingerprint density at radius 1 is 1.46 bits per heavy atom. The summed E-state index contributed by atoms with van der Waals surface area (Å²) >= 11 is 0. The van der Waals surface area contributed by atoms with Gasteiger partial charge < -0.3 is 10.2 Å². The first kappa shape index (κ1) is 10.4. The van der Waals surface area contributed by atoms with Gasteiger partial charge in [0.15, 0.2) is 0 Å². The number of halogens is 2. The van der Waals surface area contributed by atoms with Crippen LogP contribution in [0.15, 0.2) is 11.3 Å². The first-order valence-electron chi connectivity index (χ1n) is 4.21. The van der Waals surface area contributed by atoms with E-state index in [1.54, 1.807) is 0 Å². The van der Waals surface area contributed by atoms with E-state index in [0.29, 0.717) is 5.70 Å². The lowest BCUT2D eigenvalue weighted by molar-refractivity contribution is 0.0922. The monoisotopic (exact) mass is 192 g/mol. The van der Waals surface area contributed by atoms with Gasteiger partial charge in [0, 0.05) is 12.1 Å². The van der Waals surface area contributed by atoms with Crippen LogP contribution in [0.5, 0.6) is 0 Å². The number of hydrogen-bond acceptors (Lipinski definition) is 3. The fraction of sp³-hybridized carbons (Fsp3) is 0.750. The molecule has 0 aromatic rings. The van der Waals surface area contributed by atoms with Crippen molar-refractivity contribution < 1.29 is 13.5 Å². The summed E-state index contributed by atoms with van der Waals surface area (Å²) in [7, 11) is 0. The molecular weight excluding hydrogens is 178 g/mol. The molecule has 0 saturated heterocycles. The SMILES string of the molecule is CC(C)OCC1=C(C(F)F)CNN1. The van der Waals surface area contributed by atoms with E-state index in [4.69, 9.17) is 4.74 Å². The molecule has 0 bridgehead atoms. The summed E-state index contributed by atoms with van der Waals surface area (Å²) in [6, 6.07) is 0. The summed E-state index contributed by atoms with van der Waals surface area (Å²) in [6.45, 7) is 4.13. The summed E-state index contributed by atoms with van der Waals surface area (Å²) in [6.07, 6.45) is -2.36. The highest BCUT2D eigenvalue weighted by Gasteiger charge is 2.21. The molecule has 0 radical (unpaired) electrons. The molecule has 1 rings (SSSR count). The molecule has 5 heteroatoms. The molecule has 0 aromatic heterocycles. The van der Waals surface area contributed by atoms with E-state index >= 15 is 0 Å². The second-order valence-electron chi connectivity index (χ2n) is 3.14. The summed E-state index contributed by atoms with van der Waals surface area (Å²) in [5.41, 5.74) is 5.87. The van der Waals surface area contributed by atoms with Crippen molar-refractivity contribution >= 4 is 0 Å². The predicted molar refractivity (Wildman–Crippen MR) is 45.3 cm³/mol. The van der Waals surface area contributed by atoms with Crippen molar-refractivity contribution in [3.63, 3.8) is 0 Å². The smallest absolute Gasteiger partial charge is 0.263 e. The number of rotatable bonds is 4. The fourth-order valence-electron chi connectivity index (χ4n) is 1.02. The Bertz CT molecular complexity index is 204. The van der Waals surface area contributed by atoms with Crippen LogP contribution in [0, 0.1) is 0 Å². The zero-order valence-corrected chi connectivity index (χ0v) is 7.73. The highest BCUT2D eigenvalue weighted by atomic mass is 19.3. The van der Waals surface area contributed by atoms with Crippen LogP contribution >= 0.6 is 0 Å². The molecule has 3 nitrogen and oxygen atoms in total. The van der Waals surface area contributed by atoms with E-state index in [1.807, 2.05) is 13.8 Å². The van der Waals surface area contributed by atoms with E-state index < -0.39 is 6.43 Å². The normalized spacial score (nSPS) is 17.4. The Balaban J connectivity index is 2.50. The van der Waals surface area contributed by atoms with Crippen molar-refractivity contribution in [1.82, 2.24) is 10.9 Å².